The fourth-order valence-electron chi connectivity index (χ4n) is 2.22. The highest BCUT2D eigenvalue weighted by atomic mass is 127. The summed E-state index contributed by atoms with van der Waals surface area (Å²) in [6.45, 7) is 2.97. The van der Waals surface area contributed by atoms with Crippen molar-refractivity contribution in [1.82, 2.24) is 15.5 Å². The number of hydrogen-bond donors (Lipinski definition) is 3. The number of alkyl halides is 2. The van der Waals surface area contributed by atoms with Crippen LogP contribution in [0, 0.1) is 0 Å². The van der Waals surface area contributed by atoms with Crippen LogP contribution in [-0.2, 0) is 4.74 Å². The van der Waals surface area contributed by atoms with Gasteiger partial charge >= 0.3 is 6.61 Å². The Kier molecular flexibility index (Phi) is 15.0. The molecule has 0 amide bonds. The van der Waals surface area contributed by atoms with Crippen LogP contribution in [0.2, 0.25) is 0 Å². The third-order valence-electron chi connectivity index (χ3n) is 3.72. The normalized spacial score (nSPS) is 12.6. The zero-order valence-electron chi connectivity index (χ0n) is 16.5. The summed E-state index contributed by atoms with van der Waals surface area (Å²) in [5.74, 6) is 0.659. The van der Waals surface area contributed by atoms with Gasteiger partial charge in [-0.2, -0.15) is 8.78 Å². The minimum atomic E-state index is -2.87. The summed E-state index contributed by atoms with van der Waals surface area (Å²) in [6.07, 6.45) is -0.842. The summed E-state index contributed by atoms with van der Waals surface area (Å²) in [5.41, 5.74) is 0.579. The van der Waals surface area contributed by atoms with E-state index >= 15 is 0 Å². The van der Waals surface area contributed by atoms with Gasteiger partial charge in [-0.05, 0) is 31.7 Å². The number of nitrogens with zero attached hydrogens (tertiary/aromatic N) is 2. The van der Waals surface area contributed by atoms with E-state index in [9.17, 15) is 13.9 Å². The molecular weight excluding hydrogens is 485 g/mol. The Morgan fingerprint density at radius 2 is 1.89 bits per heavy atom. The number of guanidine groups is 1. The molecule has 0 heterocycles. The van der Waals surface area contributed by atoms with E-state index < -0.39 is 12.7 Å². The summed E-state index contributed by atoms with van der Waals surface area (Å²) in [4.78, 5) is 6.51. The molecule has 28 heavy (non-hydrogen) atoms. The Morgan fingerprint density at radius 1 is 1.21 bits per heavy atom. The molecule has 0 saturated carbocycles. The number of methoxy groups -OCH3 is 1. The highest BCUT2D eigenvalue weighted by Crippen LogP contribution is 2.19. The number of benzene rings is 1. The quantitative estimate of drug-likeness (QED) is 0.225. The Bertz CT molecular complexity index is 550. The number of aliphatic hydroxyl groups is 1. The van der Waals surface area contributed by atoms with Crippen molar-refractivity contribution < 1.29 is 23.4 Å². The van der Waals surface area contributed by atoms with E-state index in [0.717, 1.165) is 13.1 Å². The van der Waals surface area contributed by atoms with Crippen LogP contribution in [0.3, 0.4) is 0 Å². The van der Waals surface area contributed by atoms with Crippen LogP contribution in [0.15, 0.2) is 29.3 Å². The third kappa shape index (κ3) is 11.6. The van der Waals surface area contributed by atoms with Crippen molar-refractivity contribution in [2.24, 2.45) is 4.99 Å². The second kappa shape index (κ2) is 15.7. The molecule has 0 radical (unpaired) electrons. The molecular formula is C18H31F2IN4O3. The first-order valence-electron chi connectivity index (χ1n) is 8.88. The molecule has 0 aliphatic carbocycles. The minimum Gasteiger partial charge on any atom is -0.435 e. The van der Waals surface area contributed by atoms with Crippen molar-refractivity contribution >= 4 is 29.9 Å². The number of rotatable bonds is 12. The lowest BCUT2D eigenvalue weighted by Gasteiger charge is -2.18. The van der Waals surface area contributed by atoms with Gasteiger partial charge in [-0.15, -0.1) is 24.0 Å². The maximum Gasteiger partial charge on any atom is 0.387 e. The molecule has 0 aliphatic heterocycles. The summed E-state index contributed by atoms with van der Waals surface area (Å²) in [7, 11) is 3.68. The molecule has 0 fully saturated rings. The van der Waals surface area contributed by atoms with Crippen LogP contribution in [0.25, 0.3) is 0 Å². The maximum atomic E-state index is 12.2. The first-order valence-corrected chi connectivity index (χ1v) is 8.88. The number of aliphatic imine (C=N–C) groups is 1. The van der Waals surface area contributed by atoms with Gasteiger partial charge in [-0.3, -0.25) is 4.99 Å². The number of likely N-dealkylation sites (N-methyl/N-ethyl adjacent to an activating group) is 1. The Morgan fingerprint density at radius 3 is 2.46 bits per heavy atom. The predicted octanol–water partition coefficient (Wildman–Crippen LogP) is 2.07. The van der Waals surface area contributed by atoms with E-state index in [1.54, 1.807) is 19.2 Å². The van der Waals surface area contributed by atoms with Gasteiger partial charge in [0.25, 0.3) is 0 Å². The maximum absolute atomic E-state index is 12.2. The van der Waals surface area contributed by atoms with Crippen LogP contribution in [-0.4, -0.2) is 76.1 Å². The largest absolute Gasteiger partial charge is 0.435 e. The second-order valence-corrected chi connectivity index (χ2v) is 5.91. The molecule has 1 atom stereocenters. The zero-order chi connectivity index (χ0) is 20.1. The molecule has 0 bridgehead atoms. The van der Waals surface area contributed by atoms with E-state index in [1.807, 2.05) is 14.0 Å². The summed E-state index contributed by atoms with van der Waals surface area (Å²) >= 11 is 0. The highest BCUT2D eigenvalue weighted by molar-refractivity contribution is 14.0. The van der Waals surface area contributed by atoms with Gasteiger partial charge in [0.15, 0.2) is 5.96 Å². The second-order valence-electron chi connectivity index (χ2n) is 5.91. The average molecular weight is 516 g/mol. The van der Waals surface area contributed by atoms with Gasteiger partial charge in [-0.1, -0.05) is 12.1 Å². The number of halogens is 3. The van der Waals surface area contributed by atoms with Gasteiger partial charge in [0.05, 0.1) is 19.3 Å². The van der Waals surface area contributed by atoms with Gasteiger partial charge < -0.3 is 30.1 Å². The van der Waals surface area contributed by atoms with Crippen LogP contribution >= 0.6 is 24.0 Å². The van der Waals surface area contributed by atoms with Crippen LogP contribution in [0.1, 0.15) is 18.6 Å². The van der Waals surface area contributed by atoms with Crippen molar-refractivity contribution in [3.8, 4) is 5.75 Å². The molecule has 0 aromatic heterocycles. The standard InChI is InChI=1S/C18H30F2N4O3.HI/c1-4-21-18(22-9-10-24(2)11-12-26-3)23-13-16(25)14-5-7-15(8-6-14)27-17(19)20;/h5-8,16-17,25H,4,9-13H2,1-3H3,(H2,21,22,23);1H. The van der Waals surface area contributed by atoms with Crippen molar-refractivity contribution in [2.45, 2.75) is 19.6 Å². The first kappa shape index (κ1) is 26.8. The number of aliphatic hydroxyl groups excluding tert-OH is 1. The lowest BCUT2D eigenvalue weighted by atomic mass is 10.1. The van der Waals surface area contributed by atoms with Gasteiger partial charge in [0.1, 0.15) is 5.75 Å². The Hall–Kier alpha value is -1.24. The van der Waals surface area contributed by atoms with Crippen molar-refractivity contribution in [2.75, 3.05) is 53.5 Å². The molecule has 1 aromatic carbocycles. The molecule has 0 spiro atoms. The topological polar surface area (TPSA) is 78.4 Å². The minimum absolute atomic E-state index is 0. The molecule has 3 N–H and O–H groups in total. The Balaban J connectivity index is 0.00000729. The lowest BCUT2D eigenvalue weighted by molar-refractivity contribution is -0.0498. The smallest absolute Gasteiger partial charge is 0.387 e. The third-order valence-corrected chi connectivity index (χ3v) is 3.72. The molecule has 0 aliphatic rings. The number of nitrogens with one attached hydrogen (secondary N) is 2. The summed E-state index contributed by atoms with van der Waals surface area (Å²) in [5, 5.41) is 16.6. The van der Waals surface area contributed by atoms with Crippen LogP contribution in [0.4, 0.5) is 8.78 Å². The summed E-state index contributed by atoms with van der Waals surface area (Å²) in [6, 6.07) is 5.88. The number of hydrogen-bond acceptors (Lipinski definition) is 5. The molecule has 7 nitrogen and oxygen atoms in total. The predicted molar refractivity (Wildman–Crippen MR) is 117 cm³/mol. The number of ether oxygens (including phenoxy) is 2. The van der Waals surface area contributed by atoms with Crippen molar-refractivity contribution in [1.29, 1.82) is 0 Å². The molecule has 1 unspecified atom stereocenters. The molecule has 0 saturated heterocycles. The lowest BCUT2D eigenvalue weighted by Crippen LogP contribution is -2.41. The molecule has 10 heteroatoms. The van der Waals surface area contributed by atoms with Gasteiger partial charge in [0.2, 0.25) is 0 Å². The highest BCUT2D eigenvalue weighted by Gasteiger charge is 2.09. The first-order chi connectivity index (χ1) is 13.0. The SMILES string of the molecule is CCNC(=NCC(O)c1ccc(OC(F)F)cc1)NCCN(C)CCOC.I. The van der Waals surface area contributed by atoms with Crippen molar-refractivity contribution in [3.63, 3.8) is 0 Å². The van der Waals surface area contributed by atoms with Gasteiger partial charge in [0, 0.05) is 33.3 Å². The molecule has 162 valence electrons. The fourth-order valence-corrected chi connectivity index (χ4v) is 2.22. The van der Waals surface area contributed by atoms with E-state index in [2.05, 4.69) is 25.3 Å². The van der Waals surface area contributed by atoms with Crippen molar-refractivity contribution in [3.05, 3.63) is 29.8 Å². The van der Waals surface area contributed by atoms with Gasteiger partial charge in [-0.25, -0.2) is 0 Å². The van der Waals surface area contributed by atoms with Crippen LogP contribution in [0.5, 0.6) is 5.75 Å². The monoisotopic (exact) mass is 516 g/mol. The zero-order valence-corrected chi connectivity index (χ0v) is 18.9. The molecule has 1 aromatic rings. The van der Waals surface area contributed by atoms with E-state index in [1.165, 1.54) is 12.1 Å². The van der Waals surface area contributed by atoms with E-state index in [-0.39, 0.29) is 36.3 Å². The summed E-state index contributed by atoms with van der Waals surface area (Å²) < 4.78 is 33.7. The average Bonchev–Trinajstić information content (AvgIpc) is 2.64. The fraction of sp³-hybridized carbons (Fsp3) is 0.611. The van der Waals surface area contributed by atoms with Crippen LogP contribution < -0.4 is 15.4 Å². The molecule has 1 rings (SSSR count). The van der Waals surface area contributed by atoms with E-state index in [0.29, 0.717) is 31.2 Å². The Labute approximate surface area is 182 Å². The van der Waals surface area contributed by atoms with E-state index in [4.69, 9.17) is 4.74 Å².